The molecule has 0 fully saturated rings. The number of rotatable bonds is 4. The molecule has 0 atom stereocenters. The summed E-state index contributed by atoms with van der Waals surface area (Å²) < 4.78 is 2.65. The van der Waals surface area contributed by atoms with Gasteiger partial charge in [0.15, 0.2) is 0 Å². The highest BCUT2D eigenvalue weighted by molar-refractivity contribution is 7.26. The molecule has 0 aliphatic carbocycles. The molecule has 0 N–H and O–H groups in total. The Balaban J connectivity index is 1.28. The zero-order valence-corrected chi connectivity index (χ0v) is 42.2. The van der Waals surface area contributed by atoms with E-state index in [-0.39, 0.29) is 23.0 Å². The lowest BCUT2D eigenvalue weighted by atomic mass is 9.33. The van der Waals surface area contributed by atoms with Crippen molar-refractivity contribution in [3.8, 4) is 22.3 Å². The normalized spacial score (nSPS) is 13.7. The van der Waals surface area contributed by atoms with Crippen molar-refractivity contribution in [2.24, 2.45) is 0 Å². The van der Waals surface area contributed by atoms with Gasteiger partial charge in [-0.15, -0.1) is 22.7 Å². The topological polar surface area (TPSA) is 6.48 Å². The minimum absolute atomic E-state index is 0.0000444. The third-order valence-electron chi connectivity index (χ3n) is 14.3. The van der Waals surface area contributed by atoms with E-state index in [1.807, 2.05) is 22.7 Å². The first-order valence-corrected chi connectivity index (χ1v) is 25.3. The van der Waals surface area contributed by atoms with Crippen molar-refractivity contribution < 1.29 is 0 Å². The Morgan fingerprint density at radius 2 is 1.09 bits per heavy atom. The molecule has 2 aliphatic heterocycles. The molecule has 0 bridgehead atoms. The highest BCUT2D eigenvalue weighted by Crippen LogP contribution is 2.52. The first-order valence-electron chi connectivity index (χ1n) is 23.6. The van der Waals surface area contributed by atoms with E-state index in [2.05, 4.69) is 232 Å². The highest BCUT2D eigenvalue weighted by Gasteiger charge is 2.46. The molecule has 0 spiro atoms. The Bertz CT molecular complexity index is 3400. The van der Waals surface area contributed by atoms with Crippen LogP contribution in [-0.2, 0) is 16.2 Å². The smallest absolute Gasteiger partial charge is 0.254 e. The summed E-state index contributed by atoms with van der Waals surface area (Å²) in [6.07, 6.45) is 0. The molecular formula is C61H59BN2S2. The molecule has 5 heteroatoms. The molecule has 11 rings (SSSR count). The van der Waals surface area contributed by atoms with Gasteiger partial charge in [0.05, 0.1) is 16.4 Å². The predicted molar refractivity (Wildman–Crippen MR) is 292 cm³/mol. The third-order valence-corrected chi connectivity index (χ3v) is 16.4. The molecule has 0 saturated heterocycles. The van der Waals surface area contributed by atoms with Gasteiger partial charge in [-0.2, -0.15) is 0 Å². The average Bonchev–Trinajstić information content (AvgIpc) is 3.88. The molecule has 4 heterocycles. The SMILES string of the molecule is Cc1cc2c3c(c1)N(c1c(C)cc(C(C)(C)C)cc1C)c1sc4ccc(C(C)(C)C)cc4c1B3c1ccc(-c3csc4ccccc34)cc1N2c1ccc(C(C)(C)C)cc1-c1ccccc1. The molecule has 0 amide bonds. The van der Waals surface area contributed by atoms with Gasteiger partial charge >= 0.3 is 0 Å². The van der Waals surface area contributed by atoms with Crippen LogP contribution in [0, 0.1) is 20.8 Å². The number of fused-ring (bicyclic) bond motifs is 7. The molecule has 9 aromatic rings. The van der Waals surface area contributed by atoms with Crippen LogP contribution in [0.1, 0.15) is 95.7 Å². The highest BCUT2D eigenvalue weighted by atomic mass is 32.1. The Hall–Kier alpha value is -5.88. The predicted octanol–water partition coefficient (Wildman–Crippen LogP) is 16.4. The number of benzene rings is 7. The van der Waals surface area contributed by atoms with Crippen molar-refractivity contribution >= 4 is 99.4 Å². The largest absolute Gasteiger partial charge is 0.311 e. The first-order chi connectivity index (χ1) is 31.4. The number of anilines is 6. The lowest BCUT2D eigenvalue weighted by Crippen LogP contribution is -2.61. The minimum atomic E-state index is -0.0241. The van der Waals surface area contributed by atoms with Crippen molar-refractivity contribution in [2.75, 3.05) is 9.80 Å². The lowest BCUT2D eigenvalue weighted by molar-refractivity contribution is 0.589. The van der Waals surface area contributed by atoms with E-state index in [0.29, 0.717) is 0 Å². The van der Waals surface area contributed by atoms with E-state index in [4.69, 9.17) is 0 Å². The summed E-state index contributed by atoms with van der Waals surface area (Å²) in [7, 11) is 0. The van der Waals surface area contributed by atoms with Gasteiger partial charge in [0.1, 0.15) is 0 Å². The molecule has 0 unspecified atom stereocenters. The van der Waals surface area contributed by atoms with Crippen LogP contribution >= 0.6 is 22.7 Å². The fourth-order valence-corrected chi connectivity index (χ4v) is 13.0. The van der Waals surface area contributed by atoms with Crippen LogP contribution in [0.25, 0.3) is 42.4 Å². The Kier molecular flexibility index (Phi) is 9.76. The van der Waals surface area contributed by atoms with Gasteiger partial charge in [-0.1, -0.05) is 153 Å². The van der Waals surface area contributed by atoms with E-state index >= 15 is 0 Å². The summed E-state index contributed by atoms with van der Waals surface area (Å²) in [5.74, 6) is 0. The van der Waals surface area contributed by atoms with Gasteiger partial charge in [-0.3, -0.25) is 0 Å². The number of hydrogen-bond donors (Lipinski definition) is 0. The second-order valence-electron chi connectivity index (χ2n) is 22.1. The summed E-state index contributed by atoms with van der Waals surface area (Å²) >= 11 is 3.79. The molecule has 0 radical (unpaired) electrons. The number of nitrogens with zero attached hydrogens (tertiary/aromatic N) is 2. The summed E-state index contributed by atoms with van der Waals surface area (Å²) in [4.78, 5) is 5.32. The lowest BCUT2D eigenvalue weighted by Gasteiger charge is -2.44. The molecule has 328 valence electrons. The van der Waals surface area contributed by atoms with Gasteiger partial charge in [0, 0.05) is 43.0 Å². The van der Waals surface area contributed by atoms with E-state index < -0.39 is 0 Å². The van der Waals surface area contributed by atoms with Gasteiger partial charge in [0.25, 0.3) is 6.71 Å². The first kappa shape index (κ1) is 42.7. The van der Waals surface area contributed by atoms with Crippen molar-refractivity contribution in [1.29, 1.82) is 0 Å². The molecular weight excluding hydrogens is 836 g/mol. The Morgan fingerprint density at radius 3 is 1.79 bits per heavy atom. The van der Waals surface area contributed by atoms with Gasteiger partial charge in [0.2, 0.25) is 0 Å². The van der Waals surface area contributed by atoms with Crippen molar-refractivity contribution in [3.63, 3.8) is 0 Å². The van der Waals surface area contributed by atoms with Crippen LogP contribution < -0.4 is 26.2 Å². The summed E-state index contributed by atoms with van der Waals surface area (Å²) in [5, 5.41) is 6.35. The maximum absolute atomic E-state index is 2.67. The van der Waals surface area contributed by atoms with Gasteiger partial charge in [-0.25, -0.2) is 0 Å². The van der Waals surface area contributed by atoms with Crippen LogP contribution in [0.15, 0.2) is 139 Å². The van der Waals surface area contributed by atoms with Crippen molar-refractivity contribution in [1.82, 2.24) is 0 Å². The number of thiophene rings is 2. The fourth-order valence-electron chi connectivity index (χ4n) is 10.8. The summed E-state index contributed by atoms with van der Waals surface area (Å²) in [6.45, 7) is 28.0. The van der Waals surface area contributed by atoms with Crippen LogP contribution in [0.3, 0.4) is 0 Å². The van der Waals surface area contributed by atoms with Gasteiger partial charge in [-0.05, 0) is 151 Å². The van der Waals surface area contributed by atoms with E-state index in [1.54, 1.807) is 0 Å². The summed E-state index contributed by atoms with van der Waals surface area (Å²) in [6, 6.07) is 51.7. The number of aryl methyl sites for hydroxylation is 3. The monoisotopic (exact) mass is 894 g/mol. The zero-order chi connectivity index (χ0) is 46.2. The van der Waals surface area contributed by atoms with Crippen LogP contribution in [0.2, 0.25) is 0 Å². The number of hydrogen-bond acceptors (Lipinski definition) is 4. The second-order valence-corrected chi connectivity index (χ2v) is 24.0. The Morgan fingerprint density at radius 1 is 0.455 bits per heavy atom. The van der Waals surface area contributed by atoms with Crippen molar-refractivity contribution in [3.05, 3.63) is 172 Å². The molecule has 2 aliphatic rings. The maximum atomic E-state index is 2.67. The Labute approximate surface area is 400 Å². The maximum Gasteiger partial charge on any atom is 0.254 e. The van der Waals surface area contributed by atoms with Crippen molar-refractivity contribution in [2.45, 2.75) is 99.3 Å². The molecule has 66 heavy (non-hydrogen) atoms. The molecule has 2 aromatic heterocycles. The van der Waals surface area contributed by atoms with E-state index in [1.165, 1.54) is 126 Å². The van der Waals surface area contributed by atoms with Crippen LogP contribution in [0.5, 0.6) is 0 Å². The second kappa shape index (κ2) is 15.1. The molecule has 2 nitrogen and oxygen atoms in total. The van der Waals surface area contributed by atoms with E-state index in [9.17, 15) is 0 Å². The standard InChI is InChI=1S/C61H59BN2S2/c1-36-28-51-56-52(29-36)64(57-37(2)30-43(31-38(57)3)61(10,11)12)58-55(46-34-42(60(7,8)9)24-27-54(46)66-58)62(56)48-25-22-40(47-35-65-53-21-17-16-20-44(47)53)32-50(48)63(51)49-26-23-41(59(4,5)6)33-45(49)39-18-14-13-15-19-39/h13-35H,1-12H3. The average molecular weight is 895 g/mol. The fraction of sp³-hybridized carbons (Fsp3) is 0.246. The zero-order valence-electron chi connectivity index (χ0n) is 40.6. The third kappa shape index (κ3) is 6.79. The summed E-state index contributed by atoms with van der Waals surface area (Å²) in [5.41, 5.74) is 23.3. The van der Waals surface area contributed by atoms with E-state index in [0.717, 1.165) is 0 Å². The quantitative estimate of drug-likeness (QED) is 0.162. The minimum Gasteiger partial charge on any atom is -0.311 e. The van der Waals surface area contributed by atoms with Crippen LogP contribution in [0.4, 0.5) is 33.4 Å². The molecule has 0 saturated carbocycles. The van der Waals surface area contributed by atoms with Gasteiger partial charge < -0.3 is 9.80 Å². The van der Waals surface area contributed by atoms with Crippen LogP contribution in [-0.4, -0.2) is 6.71 Å². The molecule has 7 aromatic carbocycles.